The molecule has 0 aliphatic carbocycles. The van der Waals surface area contributed by atoms with Gasteiger partial charge >= 0.3 is 5.76 Å². The van der Waals surface area contributed by atoms with Gasteiger partial charge in [-0.2, -0.15) is 0 Å². The van der Waals surface area contributed by atoms with Crippen LogP contribution in [0, 0.1) is 0 Å². The van der Waals surface area contributed by atoms with Gasteiger partial charge in [-0.1, -0.05) is 6.07 Å². The van der Waals surface area contributed by atoms with Gasteiger partial charge in [-0.15, -0.1) is 11.6 Å². The summed E-state index contributed by atoms with van der Waals surface area (Å²) in [5.41, 5.74) is 1.72. The minimum atomic E-state index is -3.16. The van der Waals surface area contributed by atoms with Crippen molar-refractivity contribution in [2.45, 2.75) is 18.8 Å². The van der Waals surface area contributed by atoms with E-state index in [9.17, 15) is 13.2 Å². The molecule has 5 nitrogen and oxygen atoms in total. The SMILES string of the molecule is CCn1c(=O)oc2cc(C(Cl)CS(C)(=O)=O)ccc21. The lowest BCUT2D eigenvalue weighted by Crippen LogP contribution is -2.12. The Morgan fingerprint density at radius 1 is 1.42 bits per heavy atom. The number of aryl methyl sites for hydroxylation is 1. The Labute approximate surface area is 115 Å². The quantitative estimate of drug-likeness (QED) is 0.809. The van der Waals surface area contributed by atoms with Crippen molar-refractivity contribution >= 4 is 32.5 Å². The van der Waals surface area contributed by atoms with Gasteiger partial charge in [0.2, 0.25) is 0 Å². The van der Waals surface area contributed by atoms with Crippen molar-refractivity contribution in [1.82, 2.24) is 4.57 Å². The number of sulfone groups is 1. The smallest absolute Gasteiger partial charge is 0.408 e. The predicted octanol–water partition coefficient (Wildman–Crippen LogP) is 1.94. The van der Waals surface area contributed by atoms with Crippen LogP contribution in [-0.4, -0.2) is 25.0 Å². The maximum Gasteiger partial charge on any atom is 0.419 e. The lowest BCUT2D eigenvalue weighted by atomic mass is 10.1. The number of alkyl halides is 1. The molecular weight excluding hydrogens is 290 g/mol. The maximum atomic E-state index is 11.5. The molecule has 0 spiro atoms. The third kappa shape index (κ3) is 3.01. The van der Waals surface area contributed by atoms with Gasteiger partial charge in [0.15, 0.2) is 5.58 Å². The van der Waals surface area contributed by atoms with Crippen LogP contribution in [0.3, 0.4) is 0 Å². The molecule has 1 unspecified atom stereocenters. The van der Waals surface area contributed by atoms with Gasteiger partial charge in [-0.3, -0.25) is 4.57 Å². The second-order valence-corrected chi connectivity index (χ2v) is 7.11. The summed E-state index contributed by atoms with van der Waals surface area (Å²) in [7, 11) is -3.16. The number of rotatable bonds is 4. The molecule has 1 aromatic heterocycles. The molecule has 2 aromatic rings. The molecule has 0 aliphatic heterocycles. The average molecular weight is 304 g/mol. The molecule has 1 atom stereocenters. The van der Waals surface area contributed by atoms with Crippen molar-refractivity contribution < 1.29 is 12.8 Å². The molecule has 0 radical (unpaired) electrons. The van der Waals surface area contributed by atoms with E-state index in [1.54, 1.807) is 18.2 Å². The lowest BCUT2D eigenvalue weighted by molar-refractivity contribution is 0.513. The maximum absolute atomic E-state index is 11.5. The second kappa shape index (κ2) is 5.02. The Balaban J connectivity index is 2.45. The van der Waals surface area contributed by atoms with Gasteiger partial charge in [-0.05, 0) is 24.6 Å². The Morgan fingerprint density at radius 3 is 2.68 bits per heavy atom. The molecule has 0 fully saturated rings. The highest BCUT2D eigenvalue weighted by Gasteiger charge is 2.17. The lowest BCUT2D eigenvalue weighted by Gasteiger charge is -2.08. The van der Waals surface area contributed by atoms with Gasteiger partial charge in [0.1, 0.15) is 9.84 Å². The number of halogens is 1. The number of hydrogen-bond acceptors (Lipinski definition) is 4. The molecule has 0 saturated carbocycles. The zero-order valence-electron chi connectivity index (χ0n) is 10.6. The van der Waals surface area contributed by atoms with E-state index in [4.69, 9.17) is 16.0 Å². The molecule has 1 heterocycles. The highest BCUT2D eigenvalue weighted by atomic mass is 35.5. The van der Waals surface area contributed by atoms with Crippen LogP contribution in [0.4, 0.5) is 0 Å². The van der Waals surface area contributed by atoms with Gasteiger partial charge < -0.3 is 4.42 Å². The zero-order chi connectivity index (χ0) is 14.2. The molecule has 0 amide bonds. The fraction of sp³-hybridized carbons (Fsp3) is 0.417. The van der Waals surface area contributed by atoms with Crippen LogP contribution in [0.1, 0.15) is 17.9 Å². The molecule has 7 heteroatoms. The Morgan fingerprint density at radius 2 is 2.11 bits per heavy atom. The number of fused-ring (bicyclic) bond motifs is 1. The van der Waals surface area contributed by atoms with Crippen molar-refractivity contribution in [3.05, 3.63) is 34.3 Å². The molecule has 2 rings (SSSR count). The van der Waals surface area contributed by atoms with E-state index in [2.05, 4.69) is 0 Å². The summed E-state index contributed by atoms with van der Waals surface area (Å²) in [6.45, 7) is 2.36. The summed E-state index contributed by atoms with van der Waals surface area (Å²) in [5, 5.41) is -0.658. The summed E-state index contributed by atoms with van der Waals surface area (Å²) in [4.78, 5) is 11.5. The average Bonchev–Trinajstić information content (AvgIpc) is 2.60. The van der Waals surface area contributed by atoms with Gasteiger partial charge in [0.05, 0.1) is 16.6 Å². The van der Waals surface area contributed by atoms with Crippen LogP contribution in [0.25, 0.3) is 11.1 Å². The first-order chi connectivity index (χ1) is 8.81. The zero-order valence-corrected chi connectivity index (χ0v) is 12.2. The van der Waals surface area contributed by atoms with Crippen molar-refractivity contribution in [1.29, 1.82) is 0 Å². The topological polar surface area (TPSA) is 69.3 Å². The van der Waals surface area contributed by atoms with Gasteiger partial charge in [-0.25, -0.2) is 13.2 Å². The largest absolute Gasteiger partial charge is 0.419 e. The van der Waals surface area contributed by atoms with E-state index >= 15 is 0 Å². The fourth-order valence-corrected chi connectivity index (χ4v) is 3.49. The normalized spacial score (nSPS) is 13.8. The monoisotopic (exact) mass is 303 g/mol. The summed E-state index contributed by atoms with van der Waals surface area (Å²) in [6, 6.07) is 5.05. The summed E-state index contributed by atoms with van der Waals surface area (Å²) in [5.74, 6) is -0.581. The van der Waals surface area contributed by atoms with Crippen LogP contribution in [0.2, 0.25) is 0 Å². The van der Waals surface area contributed by atoms with E-state index < -0.39 is 21.0 Å². The number of aromatic nitrogens is 1. The third-order valence-corrected chi connectivity index (χ3v) is 4.35. The molecule has 0 N–H and O–H groups in total. The Kier molecular flexibility index (Phi) is 3.73. The Hall–Kier alpha value is -1.27. The number of nitrogens with zero attached hydrogens (tertiary/aromatic N) is 1. The summed E-state index contributed by atoms with van der Waals surface area (Å²) >= 11 is 6.07. The van der Waals surface area contributed by atoms with Crippen molar-refractivity contribution in [2.24, 2.45) is 0 Å². The molecule has 1 aromatic carbocycles. The molecule has 0 saturated heterocycles. The molecule has 0 bridgehead atoms. The standard InChI is InChI=1S/C12H14ClNO4S/c1-3-14-10-5-4-8(6-11(10)18-12(14)15)9(13)7-19(2,16)17/h4-6,9H,3,7H2,1-2H3. The van der Waals surface area contributed by atoms with Crippen LogP contribution >= 0.6 is 11.6 Å². The third-order valence-electron chi connectivity index (χ3n) is 2.82. The first-order valence-electron chi connectivity index (χ1n) is 5.77. The Bertz CT molecular complexity index is 760. The van der Waals surface area contributed by atoms with Gasteiger partial charge in [0.25, 0.3) is 0 Å². The van der Waals surface area contributed by atoms with E-state index in [-0.39, 0.29) is 5.75 Å². The van der Waals surface area contributed by atoms with E-state index in [0.717, 1.165) is 6.26 Å². The van der Waals surface area contributed by atoms with Crippen molar-refractivity contribution in [3.8, 4) is 0 Å². The van der Waals surface area contributed by atoms with E-state index in [0.29, 0.717) is 23.2 Å². The highest BCUT2D eigenvalue weighted by molar-refractivity contribution is 7.90. The van der Waals surface area contributed by atoms with Crippen LogP contribution < -0.4 is 5.76 Å². The van der Waals surface area contributed by atoms with Crippen molar-refractivity contribution in [2.75, 3.05) is 12.0 Å². The van der Waals surface area contributed by atoms with Crippen LogP contribution in [-0.2, 0) is 16.4 Å². The first-order valence-corrected chi connectivity index (χ1v) is 8.26. The second-order valence-electron chi connectivity index (χ2n) is 4.40. The minimum Gasteiger partial charge on any atom is -0.408 e. The minimum absolute atomic E-state index is 0.154. The predicted molar refractivity (Wildman–Crippen MR) is 74.5 cm³/mol. The van der Waals surface area contributed by atoms with E-state index in [1.807, 2.05) is 6.92 Å². The molecule has 104 valence electrons. The van der Waals surface area contributed by atoms with Crippen LogP contribution in [0.5, 0.6) is 0 Å². The highest BCUT2D eigenvalue weighted by Crippen LogP contribution is 2.25. The molecular formula is C12H14ClNO4S. The van der Waals surface area contributed by atoms with Crippen molar-refractivity contribution in [3.63, 3.8) is 0 Å². The van der Waals surface area contributed by atoms with E-state index in [1.165, 1.54) is 4.57 Å². The number of benzene rings is 1. The summed E-state index contributed by atoms with van der Waals surface area (Å²) < 4.78 is 29.1. The van der Waals surface area contributed by atoms with Gasteiger partial charge in [0, 0.05) is 12.8 Å². The molecule has 19 heavy (non-hydrogen) atoms. The first kappa shape index (κ1) is 14.1. The number of hydrogen-bond donors (Lipinski definition) is 0. The summed E-state index contributed by atoms with van der Waals surface area (Å²) in [6.07, 6.45) is 1.13. The number of oxazole rings is 1. The van der Waals surface area contributed by atoms with Crippen LogP contribution in [0.15, 0.2) is 27.4 Å². The molecule has 0 aliphatic rings. The fourth-order valence-electron chi connectivity index (χ4n) is 1.94.